The van der Waals surface area contributed by atoms with Crippen molar-refractivity contribution in [2.45, 2.75) is 24.3 Å². The molecule has 3 rings (SSSR count). The quantitative estimate of drug-likeness (QED) is 0.454. The summed E-state index contributed by atoms with van der Waals surface area (Å²) in [5.41, 5.74) is 0.389. The van der Waals surface area contributed by atoms with Crippen molar-refractivity contribution in [3.63, 3.8) is 0 Å². The van der Waals surface area contributed by atoms with E-state index in [0.29, 0.717) is 16.1 Å². The first kappa shape index (κ1) is 22.2. The molecule has 0 spiro atoms. The van der Waals surface area contributed by atoms with Gasteiger partial charge in [0.05, 0.1) is 16.6 Å². The molecular weight excluding hydrogens is 435 g/mol. The minimum absolute atomic E-state index is 0.171. The van der Waals surface area contributed by atoms with E-state index in [-0.39, 0.29) is 11.3 Å². The third-order valence-electron chi connectivity index (χ3n) is 4.70. The van der Waals surface area contributed by atoms with Crippen LogP contribution in [0.1, 0.15) is 24.1 Å². The maximum atomic E-state index is 14.7. The molecule has 0 aliphatic rings. The zero-order valence-corrected chi connectivity index (χ0v) is 17.5. The molecule has 0 saturated carbocycles. The second-order valence-corrected chi connectivity index (χ2v) is 8.87. The Labute approximate surface area is 178 Å². The Kier molecular flexibility index (Phi) is 6.43. The third-order valence-corrected chi connectivity index (χ3v) is 6.85. The smallest absolute Gasteiger partial charge is 0.256 e. The Morgan fingerprint density at radius 2 is 1.57 bits per heavy atom. The first-order valence-electron chi connectivity index (χ1n) is 8.97. The number of hydrogen-bond donors (Lipinski definition) is 0. The molecule has 0 saturated heterocycles. The van der Waals surface area contributed by atoms with Crippen molar-refractivity contribution in [1.29, 1.82) is 0 Å². The molecule has 1 radical (unpaired) electrons. The minimum Gasteiger partial charge on any atom is -0.256 e. The molecule has 30 heavy (non-hydrogen) atoms. The van der Waals surface area contributed by atoms with Gasteiger partial charge < -0.3 is 0 Å². The van der Waals surface area contributed by atoms with Crippen molar-refractivity contribution in [2.24, 2.45) is 0 Å². The summed E-state index contributed by atoms with van der Waals surface area (Å²) in [6.45, 7) is 5.26. The summed E-state index contributed by atoms with van der Waals surface area (Å²) in [7, 11) is -4.37. The van der Waals surface area contributed by atoms with Crippen LogP contribution in [0.5, 0.6) is 0 Å². The molecule has 0 aromatic heterocycles. The van der Waals surface area contributed by atoms with Crippen LogP contribution in [-0.2, 0) is 16.4 Å². The van der Waals surface area contributed by atoms with E-state index >= 15 is 0 Å². The van der Waals surface area contributed by atoms with Crippen LogP contribution >= 0.6 is 11.6 Å². The molecule has 0 bridgehead atoms. The summed E-state index contributed by atoms with van der Waals surface area (Å²) in [5.74, 6) is -2.34. The third kappa shape index (κ3) is 4.32. The molecule has 0 amide bonds. The summed E-state index contributed by atoms with van der Waals surface area (Å²) in [6, 6.07) is 10.6. The first-order valence-corrected chi connectivity index (χ1v) is 10.8. The highest BCUT2D eigenvalue weighted by Crippen LogP contribution is 2.37. The fraction of sp³-hybridized carbons (Fsp3) is 0.136. The van der Waals surface area contributed by atoms with Gasteiger partial charge in [0.15, 0.2) is 0 Å². The van der Waals surface area contributed by atoms with Gasteiger partial charge in [0.25, 0.3) is 10.0 Å². The van der Waals surface area contributed by atoms with Crippen molar-refractivity contribution in [3.05, 3.63) is 101 Å². The number of benzene rings is 3. The van der Waals surface area contributed by atoms with Crippen LogP contribution in [0.25, 0.3) is 0 Å². The average Bonchev–Trinajstić information content (AvgIpc) is 2.70. The molecule has 0 aliphatic carbocycles. The molecule has 0 fully saturated rings. The lowest BCUT2D eigenvalue weighted by Gasteiger charge is -2.32. The van der Waals surface area contributed by atoms with Gasteiger partial charge in [-0.1, -0.05) is 17.7 Å². The van der Waals surface area contributed by atoms with Crippen LogP contribution in [0.15, 0.2) is 65.6 Å². The molecule has 8 heteroatoms. The Hall–Kier alpha value is -2.51. The van der Waals surface area contributed by atoms with E-state index in [1.165, 1.54) is 49.4 Å². The molecule has 0 heterocycles. The zero-order chi connectivity index (χ0) is 22.1. The van der Waals surface area contributed by atoms with Crippen LogP contribution in [0.4, 0.5) is 18.9 Å². The van der Waals surface area contributed by atoms with Gasteiger partial charge in [-0.2, -0.15) is 0 Å². The predicted octanol–water partition coefficient (Wildman–Crippen LogP) is 6.09. The molecule has 157 valence electrons. The van der Waals surface area contributed by atoms with E-state index in [1.54, 1.807) is 0 Å². The predicted molar refractivity (Wildman–Crippen MR) is 111 cm³/mol. The van der Waals surface area contributed by atoms with E-state index in [1.807, 2.05) is 0 Å². The molecule has 0 N–H and O–H groups in total. The molecular formula is C22H18ClF3NO2S. The summed E-state index contributed by atoms with van der Waals surface area (Å²) in [4.78, 5) is -0.171. The highest BCUT2D eigenvalue weighted by molar-refractivity contribution is 7.92. The summed E-state index contributed by atoms with van der Waals surface area (Å²) >= 11 is 5.85. The second-order valence-electron chi connectivity index (χ2n) is 6.62. The van der Waals surface area contributed by atoms with Crippen LogP contribution in [0, 0.1) is 24.4 Å². The van der Waals surface area contributed by atoms with Gasteiger partial charge in [0, 0.05) is 11.1 Å². The van der Waals surface area contributed by atoms with Crippen molar-refractivity contribution in [3.8, 4) is 0 Å². The Bertz CT molecular complexity index is 1170. The Morgan fingerprint density at radius 1 is 0.967 bits per heavy atom. The van der Waals surface area contributed by atoms with Crippen LogP contribution < -0.4 is 4.31 Å². The van der Waals surface area contributed by atoms with E-state index in [0.717, 1.165) is 22.5 Å². The fourth-order valence-electron chi connectivity index (χ4n) is 3.23. The summed E-state index contributed by atoms with van der Waals surface area (Å²) in [5, 5.41) is 0.315. The van der Waals surface area contributed by atoms with Gasteiger partial charge >= 0.3 is 0 Å². The average molecular weight is 453 g/mol. The van der Waals surface area contributed by atoms with Crippen molar-refractivity contribution in [1.82, 2.24) is 0 Å². The zero-order valence-electron chi connectivity index (χ0n) is 15.9. The maximum Gasteiger partial charge on any atom is 0.264 e. The lowest BCUT2D eigenvalue weighted by atomic mass is 9.99. The van der Waals surface area contributed by atoms with Crippen LogP contribution in [-0.4, -0.2) is 8.42 Å². The highest BCUT2D eigenvalue weighted by Gasteiger charge is 2.33. The molecule has 0 aliphatic heterocycles. The van der Waals surface area contributed by atoms with Crippen LogP contribution in [0.2, 0.25) is 5.02 Å². The van der Waals surface area contributed by atoms with Crippen LogP contribution in [0.3, 0.4) is 0 Å². The van der Waals surface area contributed by atoms with Crippen molar-refractivity contribution >= 4 is 27.3 Å². The second kappa shape index (κ2) is 8.70. The molecule has 0 unspecified atom stereocenters. The first-order chi connectivity index (χ1) is 14.1. The van der Waals surface area contributed by atoms with Crippen molar-refractivity contribution in [2.75, 3.05) is 4.31 Å². The molecule has 3 aromatic carbocycles. The fourth-order valence-corrected chi connectivity index (χ4v) is 4.99. The number of sulfonamides is 1. The lowest BCUT2D eigenvalue weighted by Crippen LogP contribution is -2.35. The lowest BCUT2D eigenvalue weighted by molar-refractivity contribution is 0.568. The van der Waals surface area contributed by atoms with Gasteiger partial charge in [0.2, 0.25) is 0 Å². The molecule has 1 atom stereocenters. The topological polar surface area (TPSA) is 37.4 Å². The summed E-state index contributed by atoms with van der Waals surface area (Å²) < 4.78 is 70.4. The highest BCUT2D eigenvalue weighted by atomic mass is 35.5. The van der Waals surface area contributed by atoms with E-state index < -0.39 is 39.2 Å². The Balaban J connectivity index is 2.26. The van der Waals surface area contributed by atoms with E-state index in [9.17, 15) is 21.6 Å². The number of halogens is 4. The van der Waals surface area contributed by atoms with Gasteiger partial charge in [-0.15, -0.1) is 0 Å². The standard InChI is InChI=1S/C22H18ClF3NO2S/c1-3-15-4-7-17(24)12-20(15)14(2)27(22-13-18(25)8-11-21(22)26)30(28,29)19-9-5-16(23)6-10-19/h4-14H,1,3H2,2H3/t14-/m1/s1. The van der Waals surface area contributed by atoms with Gasteiger partial charge in [-0.25, -0.2) is 21.6 Å². The van der Waals surface area contributed by atoms with Gasteiger partial charge in [0.1, 0.15) is 17.5 Å². The number of nitrogens with zero attached hydrogens (tertiary/aromatic N) is 1. The molecule has 3 aromatic rings. The monoisotopic (exact) mass is 452 g/mol. The van der Waals surface area contributed by atoms with E-state index in [2.05, 4.69) is 6.92 Å². The minimum atomic E-state index is -4.37. The normalized spacial score (nSPS) is 12.6. The number of hydrogen-bond acceptors (Lipinski definition) is 2. The largest absolute Gasteiger partial charge is 0.264 e. The number of rotatable bonds is 6. The van der Waals surface area contributed by atoms with Gasteiger partial charge in [-0.3, -0.25) is 4.31 Å². The maximum absolute atomic E-state index is 14.7. The van der Waals surface area contributed by atoms with Crippen molar-refractivity contribution < 1.29 is 21.6 Å². The van der Waals surface area contributed by atoms with Gasteiger partial charge in [-0.05, 0) is 79.9 Å². The number of anilines is 1. The SMILES string of the molecule is [CH2]Cc1ccc(F)cc1[C@@H](C)N(c1cc(F)ccc1F)S(=O)(=O)c1ccc(Cl)cc1. The van der Waals surface area contributed by atoms with E-state index in [4.69, 9.17) is 11.6 Å². The summed E-state index contributed by atoms with van der Waals surface area (Å²) in [6.07, 6.45) is 0.250. The molecule has 3 nitrogen and oxygen atoms in total. The Morgan fingerprint density at radius 3 is 2.20 bits per heavy atom.